The molecule has 1 aliphatic heterocycles. The smallest absolute Gasteiger partial charge is 0.171 e. The number of nitrogens with zero attached hydrogens (tertiary/aromatic N) is 3. The topological polar surface area (TPSA) is 31.4 Å². The Morgan fingerprint density at radius 2 is 1.81 bits per heavy atom. The van der Waals surface area contributed by atoms with E-state index in [4.69, 9.17) is 0 Å². The van der Waals surface area contributed by atoms with E-state index in [1.165, 1.54) is 0 Å². The minimum absolute atomic E-state index is 0.0443. The second-order valence-electron chi connectivity index (χ2n) is 4.94. The lowest BCUT2D eigenvalue weighted by Crippen LogP contribution is -2.37. The Morgan fingerprint density at radius 3 is 2.52 bits per heavy atom. The number of hydrogen-bond donors (Lipinski definition) is 1. The van der Waals surface area contributed by atoms with Gasteiger partial charge in [-0.05, 0) is 12.1 Å². The predicted molar refractivity (Wildman–Crippen MR) is 80.4 cm³/mol. The van der Waals surface area contributed by atoms with Gasteiger partial charge in [0.05, 0.1) is 11.4 Å². The van der Waals surface area contributed by atoms with Gasteiger partial charge < -0.3 is 15.1 Å². The van der Waals surface area contributed by atoms with Crippen molar-refractivity contribution in [1.29, 1.82) is 0 Å². The van der Waals surface area contributed by atoms with Gasteiger partial charge in [0.2, 0.25) is 0 Å². The number of anilines is 4. The van der Waals surface area contributed by atoms with Gasteiger partial charge in [-0.1, -0.05) is 12.1 Å². The lowest BCUT2D eigenvalue weighted by atomic mass is 10.1. The Balaban J connectivity index is 2.12. The SMILES string of the molecule is CNc1nc(N2CCN(C)c3ccccc32)c(F)cc1F. The molecule has 0 radical (unpaired) electrons. The van der Waals surface area contributed by atoms with Crippen LogP contribution in [0.4, 0.5) is 31.8 Å². The first-order valence-electron chi connectivity index (χ1n) is 6.73. The monoisotopic (exact) mass is 290 g/mol. The molecule has 1 aliphatic rings. The van der Waals surface area contributed by atoms with Crippen LogP contribution in [0.1, 0.15) is 0 Å². The van der Waals surface area contributed by atoms with Crippen molar-refractivity contribution in [3.63, 3.8) is 0 Å². The lowest BCUT2D eigenvalue weighted by molar-refractivity contribution is 0.574. The first kappa shape index (κ1) is 13.6. The Labute approximate surface area is 122 Å². The number of aromatic nitrogens is 1. The third-order valence-electron chi connectivity index (χ3n) is 3.65. The fourth-order valence-corrected chi connectivity index (χ4v) is 2.55. The zero-order chi connectivity index (χ0) is 15.0. The molecule has 0 unspecified atom stereocenters. The minimum Gasteiger partial charge on any atom is -0.371 e. The van der Waals surface area contributed by atoms with Crippen LogP contribution in [-0.2, 0) is 0 Å². The number of benzene rings is 1. The van der Waals surface area contributed by atoms with Crippen molar-refractivity contribution >= 4 is 23.0 Å². The summed E-state index contributed by atoms with van der Waals surface area (Å²) in [5.74, 6) is -1.17. The van der Waals surface area contributed by atoms with Crippen LogP contribution >= 0.6 is 0 Å². The Bertz CT molecular complexity index is 675. The van der Waals surface area contributed by atoms with Crippen LogP contribution in [0, 0.1) is 11.6 Å². The molecule has 6 heteroatoms. The second kappa shape index (κ2) is 5.20. The molecule has 4 nitrogen and oxygen atoms in total. The van der Waals surface area contributed by atoms with Crippen LogP contribution in [0.15, 0.2) is 30.3 Å². The number of nitrogens with one attached hydrogen (secondary N) is 1. The van der Waals surface area contributed by atoms with Crippen molar-refractivity contribution in [1.82, 2.24) is 4.98 Å². The highest BCUT2D eigenvalue weighted by Crippen LogP contribution is 2.37. The molecule has 1 N–H and O–H groups in total. The summed E-state index contributed by atoms with van der Waals surface area (Å²) in [6.45, 7) is 1.33. The van der Waals surface area contributed by atoms with E-state index in [1.54, 1.807) is 11.9 Å². The van der Waals surface area contributed by atoms with Crippen LogP contribution in [0.3, 0.4) is 0 Å². The van der Waals surface area contributed by atoms with Gasteiger partial charge in [0.15, 0.2) is 23.3 Å². The molecule has 1 aromatic carbocycles. The second-order valence-corrected chi connectivity index (χ2v) is 4.94. The number of halogens is 2. The molecule has 2 heterocycles. The summed E-state index contributed by atoms with van der Waals surface area (Å²) < 4.78 is 27.7. The molecule has 110 valence electrons. The highest BCUT2D eigenvalue weighted by atomic mass is 19.1. The average molecular weight is 290 g/mol. The molecular formula is C15H16F2N4. The van der Waals surface area contributed by atoms with E-state index in [9.17, 15) is 8.78 Å². The number of fused-ring (bicyclic) bond motifs is 1. The van der Waals surface area contributed by atoms with Gasteiger partial charge in [-0.2, -0.15) is 0 Å². The van der Waals surface area contributed by atoms with Crippen LogP contribution < -0.4 is 15.1 Å². The molecule has 21 heavy (non-hydrogen) atoms. The molecule has 0 atom stereocenters. The molecule has 0 aliphatic carbocycles. The Kier molecular flexibility index (Phi) is 3.37. The highest BCUT2D eigenvalue weighted by Gasteiger charge is 2.25. The van der Waals surface area contributed by atoms with Gasteiger partial charge in [0.25, 0.3) is 0 Å². The maximum absolute atomic E-state index is 14.2. The van der Waals surface area contributed by atoms with Crippen molar-refractivity contribution < 1.29 is 8.78 Å². The van der Waals surface area contributed by atoms with E-state index in [2.05, 4.69) is 15.2 Å². The molecule has 0 spiro atoms. The van der Waals surface area contributed by atoms with Crippen molar-refractivity contribution in [2.45, 2.75) is 0 Å². The summed E-state index contributed by atoms with van der Waals surface area (Å²) in [6.07, 6.45) is 0. The number of rotatable bonds is 2. The normalized spacial score (nSPS) is 14.1. The molecule has 1 aromatic heterocycles. The van der Waals surface area contributed by atoms with Crippen LogP contribution in [0.2, 0.25) is 0 Å². The van der Waals surface area contributed by atoms with E-state index < -0.39 is 11.6 Å². The average Bonchev–Trinajstić information content (AvgIpc) is 2.49. The fraction of sp³-hybridized carbons (Fsp3) is 0.267. The molecule has 0 saturated carbocycles. The summed E-state index contributed by atoms with van der Waals surface area (Å²) in [7, 11) is 3.55. The minimum atomic E-state index is -0.693. The van der Waals surface area contributed by atoms with Gasteiger partial charge in [-0.25, -0.2) is 13.8 Å². The van der Waals surface area contributed by atoms with E-state index in [0.717, 1.165) is 24.0 Å². The van der Waals surface area contributed by atoms with Crippen molar-refractivity contribution in [2.24, 2.45) is 0 Å². The molecule has 0 saturated heterocycles. The zero-order valence-electron chi connectivity index (χ0n) is 11.9. The van der Waals surface area contributed by atoms with Gasteiger partial charge in [-0.3, -0.25) is 0 Å². The van der Waals surface area contributed by atoms with Crippen molar-refractivity contribution in [3.8, 4) is 0 Å². The number of pyridine rings is 1. The zero-order valence-corrected chi connectivity index (χ0v) is 11.9. The first-order chi connectivity index (χ1) is 10.1. The largest absolute Gasteiger partial charge is 0.371 e. The fourth-order valence-electron chi connectivity index (χ4n) is 2.55. The molecule has 0 bridgehead atoms. The molecule has 2 aromatic rings. The lowest BCUT2D eigenvalue weighted by Gasteiger charge is -2.36. The standard InChI is InChI=1S/C15H16F2N4/c1-18-14-10(16)9-11(17)15(19-14)21-8-7-20(2)12-5-3-4-6-13(12)21/h3-6,9H,7-8H2,1-2H3,(H,18,19). The maximum atomic E-state index is 14.2. The third kappa shape index (κ3) is 2.26. The number of likely N-dealkylation sites (N-methyl/N-ethyl adjacent to an activating group) is 1. The van der Waals surface area contributed by atoms with E-state index >= 15 is 0 Å². The summed E-state index contributed by atoms with van der Waals surface area (Å²) in [5, 5.41) is 2.64. The summed E-state index contributed by atoms with van der Waals surface area (Å²) in [6, 6.07) is 8.59. The number of hydrogen-bond acceptors (Lipinski definition) is 4. The summed E-state index contributed by atoms with van der Waals surface area (Å²) >= 11 is 0. The van der Waals surface area contributed by atoms with Crippen molar-refractivity contribution in [3.05, 3.63) is 42.0 Å². The maximum Gasteiger partial charge on any atom is 0.171 e. The van der Waals surface area contributed by atoms with E-state index in [1.807, 2.05) is 31.3 Å². The van der Waals surface area contributed by atoms with Gasteiger partial charge in [0, 0.05) is 33.3 Å². The van der Waals surface area contributed by atoms with Gasteiger partial charge in [-0.15, -0.1) is 0 Å². The third-order valence-corrected chi connectivity index (χ3v) is 3.65. The molecular weight excluding hydrogens is 274 g/mol. The van der Waals surface area contributed by atoms with Crippen molar-refractivity contribution in [2.75, 3.05) is 42.3 Å². The quantitative estimate of drug-likeness (QED) is 0.921. The van der Waals surface area contributed by atoms with Gasteiger partial charge >= 0.3 is 0 Å². The number of para-hydroxylation sites is 2. The summed E-state index contributed by atoms with van der Waals surface area (Å²) in [5.41, 5.74) is 1.87. The molecule has 0 fully saturated rings. The van der Waals surface area contributed by atoms with Crippen LogP contribution in [-0.4, -0.2) is 32.2 Å². The summed E-state index contributed by atoms with van der Waals surface area (Å²) in [4.78, 5) is 7.97. The Hall–Kier alpha value is -2.37. The van der Waals surface area contributed by atoms with E-state index in [0.29, 0.717) is 6.54 Å². The highest BCUT2D eigenvalue weighted by molar-refractivity contribution is 5.78. The van der Waals surface area contributed by atoms with Crippen LogP contribution in [0.25, 0.3) is 0 Å². The van der Waals surface area contributed by atoms with E-state index in [-0.39, 0.29) is 11.6 Å². The molecule has 0 amide bonds. The molecule has 3 rings (SSSR count). The predicted octanol–water partition coefficient (Wildman–Crippen LogP) is 2.99. The first-order valence-corrected chi connectivity index (χ1v) is 6.73. The van der Waals surface area contributed by atoms with Gasteiger partial charge in [0.1, 0.15) is 0 Å². The Morgan fingerprint density at radius 1 is 1.10 bits per heavy atom. The van der Waals surface area contributed by atoms with Crippen LogP contribution in [0.5, 0.6) is 0 Å².